The molecule has 2 aliphatic rings. The first kappa shape index (κ1) is 14.5. The van der Waals surface area contributed by atoms with Gasteiger partial charge in [-0.25, -0.2) is 0 Å². The van der Waals surface area contributed by atoms with Crippen molar-refractivity contribution < 1.29 is 9.53 Å². The molecule has 1 fully saturated rings. The van der Waals surface area contributed by atoms with Crippen LogP contribution in [0, 0.1) is 11.8 Å². The molecular weight excluding hydrogens is 264 g/mol. The van der Waals surface area contributed by atoms with E-state index >= 15 is 0 Å². The van der Waals surface area contributed by atoms with Gasteiger partial charge in [0.2, 0.25) is 0 Å². The summed E-state index contributed by atoms with van der Waals surface area (Å²) in [5.41, 5.74) is 8.12. The lowest BCUT2D eigenvalue weighted by Gasteiger charge is -2.39. The van der Waals surface area contributed by atoms with Crippen molar-refractivity contribution in [3.05, 3.63) is 35.4 Å². The van der Waals surface area contributed by atoms with Crippen LogP contribution >= 0.6 is 0 Å². The quantitative estimate of drug-likeness (QED) is 0.902. The highest BCUT2D eigenvalue weighted by Gasteiger charge is 2.34. The van der Waals surface area contributed by atoms with E-state index in [2.05, 4.69) is 13.0 Å². The number of nitrogens with two attached hydrogens (primary N) is 1. The summed E-state index contributed by atoms with van der Waals surface area (Å²) in [6.07, 6.45) is 1.49. The molecule has 1 aromatic carbocycles. The van der Waals surface area contributed by atoms with Crippen molar-refractivity contribution in [2.24, 2.45) is 17.6 Å². The molecule has 1 aromatic rings. The lowest BCUT2D eigenvalue weighted by molar-refractivity contribution is -0.147. The molecule has 2 N–H and O–H groups in total. The highest BCUT2D eigenvalue weighted by atomic mass is 16.5. The third-order valence-corrected chi connectivity index (χ3v) is 4.95. The van der Waals surface area contributed by atoms with Gasteiger partial charge in [-0.2, -0.15) is 0 Å². The van der Waals surface area contributed by atoms with Crippen LogP contribution in [0.5, 0.6) is 0 Å². The van der Waals surface area contributed by atoms with Gasteiger partial charge in [0.15, 0.2) is 6.10 Å². The molecule has 0 spiro atoms. The van der Waals surface area contributed by atoms with Crippen LogP contribution < -0.4 is 5.73 Å². The smallest absolute Gasteiger partial charge is 0.256 e. The Hall–Kier alpha value is -1.39. The highest BCUT2D eigenvalue weighted by molar-refractivity contribution is 5.83. The van der Waals surface area contributed by atoms with Gasteiger partial charge in [-0.3, -0.25) is 4.79 Å². The number of hydrogen-bond acceptors (Lipinski definition) is 3. The van der Waals surface area contributed by atoms with E-state index in [-0.39, 0.29) is 5.91 Å². The zero-order valence-electron chi connectivity index (χ0n) is 12.6. The second-order valence-electron chi connectivity index (χ2n) is 6.25. The summed E-state index contributed by atoms with van der Waals surface area (Å²) in [6, 6.07) is 8.12. The van der Waals surface area contributed by atoms with E-state index in [9.17, 15) is 4.79 Å². The standard InChI is InChI=1S/C17H24N2O2/c1-12-6-8-19(11-14(12)10-18)17(20)16-15-5-3-2-4-13(15)7-9-21-16/h2-5,12,14,16H,6-11,18H2,1H3. The van der Waals surface area contributed by atoms with Crippen molar-refractivity contribution in [3.63, 3.8) is 0 Å². The minimum atomic E-state index is -0.429. The molecule has 21 heavy (non-hydrogen) atoms. The topological polar surface area (TPSA) is 55.6 Å². The van der Waals surface area contributed by atoms with Crippen molar-refractivity contribution in [2.75, 3.05) is 26.2 Å². The summed E-state index contributed by atoms with van der Waals surface area (Å²) < 4.78 is 5.79. The molecule has 0 aromatic heterocycles. The molecule has 3 rings (SSSR count). The Labute approximate surface area is 126 Å². The molecule has 3 atom stereocenters. The van der Waals surface area contributed by atoms with Crippen LogP contribution in [0.1, 0.15) is 30.6 Å². The van der Waals surface area contributed by atoms with Gasteiger partial charge in [0.1, 0.15) is 0 Å². The van der Waals surface area contributed by atoms with E-state index < -0.39 is 6.10 Å². The van der Waals surface area contributed by atoms with E-state index in [1.54, 1.807) is 0 Å². The maximum Gasteiger partial charge on any atom is 0.256 e. The number of fused-ring (bicyclic) bond motifs is 1. The number of rotatable bonds is 2. The Morgan fingerprint density at radius 1 is 1.43 bits per heavy atom. The van der Waals surface area contributed by atoms with Crippen molar-refractivity contribution in [1.82, 2.24) is 4.90 Å². The molecular formula is C17H24N2O2. The molecule has 0 aliphatic carbocycles. The second-order valence-corrected chi connectivity index (χ2v) is 6.25. The fraction of sp³-hybridized carbons (Fsp3) is 0.588. The van der Waals surface area contributed by atoms with Crippen LogP contribution in [-0.4, -0.2) is 37.0 Å². The number of carbonyl (C=O) groups excluding carboxylic acids is 1. The van der Waals surface area contributed by atoms with Gasteiger partial charge in [0.05, 0.1) is 6.61 Å². The van der Waals surface area contributed by atoms with Crippen LogP contribution in [0.3, 0.4) is 0 Å². The van der Waals surface area contributed by atoms with Gasteiger partial charge in [-0.1, -0.05) is 31.2 Å². The number of carbonyl (C=O) groups is 1. The van der Waals surface area contributed by atoms with Crippen molar-refractivity contribution >= 4 is 5.91 Å². The fourth-order valence-electron chi connectivity index (χ4n) is 3.42. The summed E-state index contributed by atoms with van der Waals surface area (Å²) in [5.74, 6) is 1.10. The minimum Gasteiger partial charge on any atom is -0.363 e. The summed E-state index contributed by atoms with van der Waals surface area (Å²) in [6.45, 7) is 5.08. The molecule has 4 nitrogen and oxygen atoms in total. The molecule has 114 valence electrons. The maximum absolute atomic E-state index is 12.8. The predicted octanol–water partition coefficient (Wildman–Crippen LogP) is 1.74. The van der Waals surface area contributed by atoms with Crippen molar-refractivity contribution in [1.29, 1.82) is 0 Å². The molecule has 0 bridgehead atoms. The number of likely N-dealkylation sites (tertiary alicyclic amines) is 1. The Balaban J connectivity index is 1.77. The molecule has 1 amide bonds. The van der Waals surface area contributed by atoms with E-state index in [0.29, 0.717) is 25.0 Å². The van der Waals surface area contributed by atoms with Crippen LogP contribution in [0.4, 0.5) is 0 Å². The van der Waals surface area contributed by atoms with Crippen LogP contribution in [0.15, 0.2) is 24.3 Å². The van der Waals surface area contributed by atoms with Gasteiger partial charge < -0.3 is 15.4 Å². The molecule has 4 heteroatoms. The molecule has 2 heterocycles. The Morgan fingerprint density at radius 2 is 2.24 bits per heavy atom. The first-order valence-corrected chi connectivity index (χ1v) is 7.89. The fourth-order valence-corrected chi connectivity index (χ4v) is 3.42. The minimum absolute atomic E-state index is 0.104. The zero-order chi connectivity index (χ0) is 14.8. The number of benzene rings is 1. The largest absolute Gasteiger partial charge is 0.363 e. The number of hydrogen-bond donors (Lipinski definition) is 1. The second kappa shape index (κ2) is 6.16. The number of ether oxygens (including phenoxy) is 1. The van der Waals surface area contributed by atoms with Crippen LogP contribution in [0.25, 0.3) is 0 Å². The average molecular weight is 288 g/mol. The summed E-state index contributed by atoms with van der Waals surface area (Å²) in [5, 5.41) is 0. The summed E-state index contributed by atoms with van der Waals surface area (Å²) in [7, 11) is 0. The van der Waals surface area contributed by atoms with Crippen LogP contribution in [-0.2, 0) is 16.0 Å². The predicted molar refractivity (Wildman–Crippen MR) is 81.7 cm³/mol. The van der Waals surface area contributed by atoms with Gasteiger partial charge in [-0.05, 0) is 42.3 Å². The first-order chi connectivity index (χ1) is 10.2. The average Bonchev–Trinajstić information content (AvgIpc) is 2.54. The third-order valence-electron chi connectivity index (χ3n) is 4.95. The monoisotopic (exact) mass is 288 g/mol. The van der Waals surface area contributed by atoms with E-state index in [4.69, 9.17) is 10.5 Å². The number of nitrogens with zero attached hydrogens (tertiary/aromatic N) is 1. The van der Waals surface area contributed by atoms with Gasteiger partial charge in [0, 0.05) is 13.1 Å². The molecule has 2 aliphatic heterocycles. The lowest BCUT2D eigenvalue weighted by atomic mass is 9.86. The molecule has 0 radical (unpaired) electrons. The maximum atomic E-state index is 12.8. The van der Waals surface area contributed by atoms with Gasteiger partial charge >= 0.3 is 0 Å². The molecule has 3 unspecified atom stereocenters. The van der Waals surface area contributed by atoms with Gasteiger partial charge in [-0.15, -0.1) is 0 Å². The number of piperidine rings is 1. The van der Waals surface area contributed by atoms with Gasteiger partial charge in [0.25, 0.3) is 5.91 Å². The Bertz CT molecular complexity index is 517. The first-order valence-electron chi connectivity index (χ1n) is 7.89. The lowest BCUT2D eigenvalue weighted by Crippen LogP contribution is -2.47. The number of amides is 1. The normalized spacial score (nSPS) is 29.0. The zero-order valence-corrected chi connectivity index (χ0v) is 12.6. The van der Waals surface area contributed by atoms with Crippen LogP contribution in [0.2, 0.25) is 0 Å². The van der Waals surface area contributed by atoms with Crippen molar-refractivity contribution in [3.8, 4) is 0 Å². The summed E-state index contributed by atoms with van der Waals surface area (Å²) in [4.78, 5) is 14.8. The van der Waals surface area contributed by atoms with Crippen molar-refractivity contribution in [2.45, 2.75) is 25.9 Å². The molecule has 0 saturated carbocycles. The molecule has 1 saturated heterocycles. The summed E-state index contributed by atoms with van der Waals surface area (Å²) >= 11 is 0. The third kappa shape index (κ3) is 2.83. The Kier molecular flexibility index (Phi) is 4.27. The van der Waals surface area contributed by atoms with E-state index in [1.807, 2.05) is 23.1 Å². The Morgan fingerprint density at radius 3 is 3.05 bits per heavy atom. The SMILES string of the molecule is CC1CCN(C(=O)C2OCCc3ccccc32)CC1CN. The highest BCUT2D eigenvalue weighted by Crippen LogP contribution is 2.31. The van der Waals surface area contributed by atoms with E-state index in [1.165, 1.54) is 5.56 Å². The van der Waals surface area contributed by atoms with E-state index in [0.717, 1.165) is 31.5 Å².